The zero-order valence-corrected chi connectivity index (χ0v) is 9.78. The molecule has 0 radical (unpaired) electrons. The summed E-state index contributed by atoms with van der Waals surface area (Å²) < 4.78 is 4.69. The molecule has 1 aromatic carbocycles. The summed E-state index contributed by atoms with van der Waals surface area (Å²) in [7, 11) is 0. The van der Waals surface area contributed by atoms with E-state index in [-0.39, 0.29) is 11.5 Å². The molecule has 2 atom stereocenters. The summed E-state index contributed by atoms with van der Waals surface area (Å²) in [6.45, 7) is 1.74. The van der Waals surface area contributed by atoms with Crippen LogP contribution in [0.1, 0.15) is 18.6 Å². The number of nitrogens with zero attached hydrogens (tertiary/aromatic N) is 1. The Morgan fingerprint density at radius 2 is 2.17 bits per heavy atom. The van der Waals surface area contributed by atoms with E-state index in [1.807, 2.05) is 0 Å². The molecular weight excluding hydrogens is 238 g/mol. The van der Waals surface area contributed by atoms with Crippen LogP contribution in [0.4, 0.5) is 0 Å². The minimum Gasteiger partial charge on any atom is -0.458 e. The molecule has 0 saturated heterocycles. The molecule has 1 aliphatic heterocycles. The van der Waals surface area contributed by atoms with Crippen LogP contribution in [0.2, 0.25) is 0 Å². The van der Waals surface area contributed by atoms with Crippen molar-refractivity contribution in [2.75, 3.05) is 6.61 Å². The predicted molar refractivity (Wildman–Crippen MR) is 61.5 cm³/mol. The van der Waals surface area contributed by atoms with Crippen LogP contribution in [0.5, 0.6) is 0 Å². The van der Waals surface area contributed by atoms with Gasteiger partial charge in [-0.25, -0.2) is 4.79 Å². The molecule has 0 bridgehead atoms. The maximum Gasteiger partial charge on any atom is 0.408 e. The molecule has 18 heavy (non-hydrogen) atoms. The van der Waals surface area contributed by atoms with E-state index in [9.17, 15) is 15.1 Å². The van der Waals surface area contributed by atoms with Gasteiger partial charge in [-0.1, -0.05) is 30.3 Å². The maximum atomic E-state index is 11.5. The summed E-state index contributed by atoms with van der Waals surface area (Å²) in [6.07, 6.45) is -2.22. The Bertz CT molecular complexity index is 471. The summed E-state index contributed by atoms with van der Waals surface area (Å²) in [5, 5.41) is 21.4. The second-order valence-electron chi connectivity index (χ2n) is 3.74. The van der Waals surface area contributed by atoms with Crippen LogP contribution in [0, 0.1) is 5.21 Å². The van der Waals surface area contributed by atoms with Crippen molar-refractivity contribution in [3.63, 3.8) is 0 Å². The van der Waals surface area contributed by atoms with Crippen LogP contribution >= 0.6 is 0 Å². The van der Waals surface area contributed by atoms with Crippen LogP contribution in [-0.4, -0.2) is 34.4 Å². The average Bonchev–Trinajstić information content (AvgIpc) is 2.66. The molecule has 0 unspecified atom stereocenters. The van der Waals surface area contributed by atoms with Gasteiger partial charge in [0.15, 0.2) is 6.10 Å². The smallest absolute Gasteiger partial charge is 0.408 e. The monoisotopic (exact) mass is 251 g/mol. The number of carbonyl (C=O) groups excluding carboxylic acids is 1. The average molecular weight is 251 g/mol. The molecule has 0 fully saturated rings. The van der Waals surface area contributed by atoms with Crippen LogP contribution in [0.25, 0.3) is 0 Å². The van der Waals surface area contributed by atoms with Crippen LogP contribution in [0.15, 0.2) is 30.3 Å². The molecule has 6 nitrogen and oxygen atoms in total. The zero-order chi connectivity index (χ0) is 13.1. The third-order valence-corrected chi connectivity index (χ3v) is 2.59. The van der Waals surface area contributed by atoms with Crippen molar-refractivity contribution in [2.45, 2.75) is 19.1 Å². The SMILES string of the molecule is CCOC(=O)C1=[N+]([O-])O[C@@H](c2ccccc2)[C@@H]1O. The van der Waals surface area contributed by atoms with E-state index in [0.717, 1.165) is 0 Å². The van der Waals surface area contributed by atoms with Gasteiger partial charge in [-0.3, -0.25) is 5.21 Å². The number of benzene rings is 1. The number of carbonyl (C=O) groups is 1. The lowest BCUT2D eigenvalue weighted by molar-refractivity contribution is -0.742. The van der Waals surface area contributed by atoms with E-state index in [2.05, 4.69) is 0 Å². The summed E-state index contributed by atoms with van der Waals surface area (Å²) in [5.41, 5.74) is 0.191. The lowest BCUT2D eigenvalue weighted by atomic mass is 10.0. The van der Waals surface area contributed by atoms with Crippen molar-refractivity contribution in [1.82, 2.24) is 0 Å². The molecule has 2 rings (SSSR count). The Labute approximate surface area is 104 Å². The fourth-order valence-corrected chi connectivity index (χ4v) is 1.76. The summed E-state index contributed by atoms with van der Waals surface area (Å²) in [5.74, 6) is -0.863. The van der Waals surface area contributed by atoms with E-state index in [4.69, 9.17) is 9.57 Å². The number of hydrogen-bond donors (Lipinski definition) is 1. The molecule has 0 amide bonds. The Balaban J connectivity index is 2.21. The number of hydrogen-bond acceptors (Lipinski definition) is 5. The Morgan fingerprint density at radius 3 is 2.78 bits per heavy atom. The second kappa shape index (κ2) is 5.05. The fraction of sp³-hybridized carbons (Fsp3) is 0.333. The lowest BCUT2D eigenvalue weighted by Gasteiger charge is -2.14. The van der Waals surface area contributed by atoms with E-state index in [0.29, 0.717) is 5.56 Å². The molecular formula is C12H13NO5. The third-order valence-electron chi connectivity index (χ3n) is 2.59. The van der Waals surface area contributed by atoms with Crippen molar-refractivity contribution in [3.05, 3.63) is 41.1 Å². The van der Waals surface area contributed by atoms with Gasteiger partial charge in [-0.05, 0) is 12.5 Å². The highest BCUT2D eigenvalue weighted by Gasteiger charge is 2.45. The maximum absolute atomic E-state index is 11.5. The summed E-state index contributed by atoms with van der Waals surface area (Å²) in [6, 6.07) is 8.72. The molecule has 96 valence electrons. The first-order valence-corrected chi connectivity index (χ1v) is 5.56. The van der Waals surface area contributed by atoms with Gasteiger partial charge in [0.2, 0.25) is 0 Å². The number of ether oxygens (including phenoxy) is 1. The largest absolute Gasteiger partial charge is 0.458 e. The number of esters is 1. The van der Waals surface area contributed by atoms with Gasteiger partial charge in [0, 0.05) is 0 Å². The van der Waals surface area contributed by atoms with E-state index >= 15 is 0 Å². The van der Waals surface area contributed by atoms with Gasteiger partial charge in [0.05, 0.1) is 11.5 Å². The first kappa shape index (κ1) is 12.4. The van der Waals surface area contributed by atoms with Crippen LogP contribution in [0.3, 0.4) is 0 Å². The molecule has 1 aliphatic rings. The minimum atomic E-state index is -1.33. The summed E-state index contributed by atoms with van der Waals surface area (Å²) in [4.78, 5) is 16.5. The van der Waals surface area contributed by atoms with Gasteiger partial charge in [-0.15, -0.1) is 0 Å². The Kier molecular flexibility index (Phi) is 3.47. The quantitative estimate of drug-likeness (QED) is 0.626. The molecule has 0 spiro atoms. The second-order valence-corrected chi connectivity index (χ2v) is 3.74. The highest BCUT2D eigenvalue weighted by molar-refractivity contribution is 6.36. The fourth-order valence-electron chi connectivity index (χ4n) is 1.76. The molecule has 0 aliphatic carbocycles. The van der Waals surface area contributed by atoms with Crippen molar-refractivity contribution < 1.29 is 24.4 Å². The normalized spacial score (nSPS) is 22.8. The standard InChI is InChI=1S/C12H13NO5/c1-2-17-12(15)9-10(14)11(18-13(9)16)8-6-4-3-5-7-8/h3-7,10-11,14H,2H2,1H3/t10-,11+/m1/s1. The third kappa shape index (κ3) is 2.14. The topological polar surface area (TPSA) is 81.8 Å². The van der Waals surface area contributed by atoms with E-state index < -0.39 is 23.9 Å². The molecule has 0 aromatic heterocycles. The molecule has 0 saturated carbocycles. The molecule has 6 heteroatoms. The predicted octanol–water partition coefficient (Wildman–Crippen LogP) is 0.548. The molecule has 1 N–H and O–H groups in total. The van der Waals surface area contributed by atoms with Gasteiger partial charge in [0.1, 0.15) is 6.10 Å². The van der Waals surface area contributed by atoms with Gasteiger partial charge in [0.25, 0.3) is 0 Å². The van der Waals surface area contributed by atoms with Gasteiger partial charge >= 0.3 is 11.7 Å². The summed E-state index contributed by atoms with van der Waals surface area (Å²) >= 11 is 0. The Hall–Kier alpha value is -2.08. The number of aliphatic hydroxyl groups is 1. The van der Waals surface area contributed by atoms with Crippen molar-refractivity contribution in [1.29, 1.82) is 0 Å². The van der Waals surface area contributed by atoms with Crippen molar-refractivity contribution in [3.8, 4) is 0 Å². The zero-order valence-electron chi connectivity index (χ0n) is 9.78. The highest BCUT2D eigenvalue weighted by atomic mass is 16.9. The molecule has 1 heterocycles. The van der Waals surface area contributed by atoms with Gasteiger partial charge < -0.3 is 14.7 Å². The minimum absolute atomic E-state index is 0.0281. The van der Waals surface area contributed by atoms with Crippen LogP contribution in [-0.2, 0) is 14.4 Å². The van der Waals surface area contributed by atoms with Crippen molar-refractivity contribution in [2.24, 2.45) is 0 Å². The van der Waals surface area contributed by atoms with E-state index in [1.165, 1.54) is 0 Å². The van der Waals surface area contributed by atoms with Gasteiger partial charge in [-0.2, -0.15) is 0 Å². The lowest BCUT2D eigenvalue weighted by Crippen LogP contribution is -2.32. The van der Waals surface area contributed by atoms with Crippen LogP contribution < -0.4 is 0 Å². The van der Waals surface area contributed by atoms with E-state index in [1.54, 1.807) is 37.3 Å². The number of aliphatic hydroxyl groups excluding tert-OH is 1. The molecule has 1 aromatic rings. The first-order chi connectivity index (χ1) is 8.65. The Morgan fingerprint density at radius 1 is 1.50 bits per heavy atom. The first-order valence-electron chi connectivity index (χ1n) is 5.56. The van der Waals surface area contributed by atoms with Crippen molar-refractivity contribution >= 4 is 11.7 Å². The number of rotatable bonds is 3. The highest BCUT2D eigenvalue weighted by Crippen LogP contribution is 2.27.